The van der Waals surface area contributed by atoms with E-state index in [0.29, 0.717) is 5.69 Å². The molecular weight excluding hydrogens is 262 g/mol. The molecule has 0 saturated carbocycles. The Hall–Kier alpha value is -2.36. The molecule has 1 aromatic carbocycles. The molecule has 0 fully saturated rings. The number of nitrogens with zero attached hydrogens (tertiary/aromatic N) is 1. The minimum absolute atomic E-state index is 0.182. The number of pyridine rings is 1. The van der Waals surface area contributed by atoms with Crippen LogP contribution < -0.4 is 10.6 Å². The first-order valence-electron chi connectivity index (χ1n) is 7.25. The molecule has 1 heterocycles. The largest absolute Gasteiger partial charge is 0.385 e. The van der Waals surface area contributed by atoms with Crippen molar-refractivity contribution in [3.05, 3.63) is 53.3 Å². The summed E-state index contributed by atoms with van der Waals surface area (Å²) in [5.74, 6) is -0.182. The molecule has 1 aromatic heterocycles. The van der Waals surface area contributed by atoms with Gasteiger partial charge in [0.05, 0.1) is 0 Å². The summed E-state index contributed by atoms with van der Waals surface area (Å²) in [6.07, 6.45) is 2.52. The van der Waals surface area contributed by atoms with Crippen LogP contribution >= 0.6 is 0 Å². The van der Waals surface area contributed by atoms with Crippen molar-refractivity contribution >= 4 is 17.3 Å². The molecule has 0 aliphatic rings. The van der Waals surface area contributed by atoms with Gasteiger partial charge in [-0.3, -0.25) is 9.78 Å². The second kappa shape index (κ2) is 6.88. The summed E-state index contributed by atoms with van der Waals surface area (Å²) in [4.78, 5) is 16.5. The van der Waals surface area contributed by atoms with E-state index < -0.39 is 0 Å². The van der Waals surface area contributed by atoms with Gasteiger partial charge >= 0.3 is 0 Å². The fourth-order valence-electron chi connectivity index (χ4n) is 2.25. The van der Waals surface area contributed by atoms with Crippen molar-refractivity contribution in [1.82, 2.24) is 4.98 Å². The van der Waals surface area contributed by atoms with E-state index in [0.717, 1.165) is 35.5 Å². The van der Waals surface area contributed by atoms with E-state index >= 15 is 0 Å². The van der Waals surface area contributed by atoms with Gasteiger partial charge < -0.3 is 10.6 Å². The molecular formula is C17H21N3O. The topological polar surface area (TPSA) is 54.0 Å². The van der Waals surface area contributed by atoms with Crippen LogP contribution in [0, 0.1) is 6.92 Å². The molecule has 0 aliphatic carbocycles. The molecule has 0 bridgehead atoms. The average molecular weight is 283 g/mol. The number of benzene rings is 1. The van der Waals surface area contributed by atoms with Crippen molar-refractivity contribution in [3.8, 4) is 0 Å². The number of para-hydroxylation sites is 1. The van der Waals surface area contributed by atoms with Crippen molar-refractivity contribution in [3.63, 3.8) is 0 Å². The fourth-order valence-corrected chi connectivity index (χ4v) is 2.25. The highest BCUT2D eigenvalue weighted by molar-refractivity contribution is 6.04. The fraction of sp³-hybridized carbons (Fsp3) is 0.294. The molecule has 2 aromatic rings. The minimum atomic E-state index is -0.182. The number of amides is 1. The second-order valence-electron chi connectivity index (χ2n) is 4.88. The number of aromatic nitrogens is 1. The van der Waals surface area contributed by atoms with Crippen LogP contribution in [0.2, 0.25) is 0 Å². The van der Waals surface area contributed by atoms with Gasteiger partial charge in [-0.25, -0.2) is 0 Å². The predicted molar refractivity (Wildman–Crippen MR) is 86.9 cm³/mol. The maximum Gasteiger partial charge on any atom is 0.274 e. The SMILES string of the molecule is CCNc1ccnc(C(=O)Nc2c(C)cccc2CC)c1. The lowest BCUT2D eigenvalue weighted by molar-refractivity contribution is 0.102. The molecule has 2 N–H and O–H groups in total. The van der Waals surface area contributed by atoms with Crippen molar-refractivity contribution in [2.24, 2.45) is 0 Å². The summed E-state index contributed by atoms with van der Waals surface area (Å²) >= 11 is 0. The van der Waals surface area contributed by atoms with E-state index in [1.165, 1.54) is 0 Å². The number of carbonyl (C=O) groups excluding carboxylic acids is 1. The van der Waals surface area contributed by atoms with Gasteiger partial charge in [0.15, 0.2) is 0 Å². The van der Waals surface area contributed by atoms with Crippen LogP contribution in [0.25, 0.3) is 0 Å². The molecule has 1 amide bonds. The summed E-state index contributed by atoms with van der Waals surface area (Å²) in [7, 11) is 0. The summed E-state index contributed by atoms with van der Waals surface area (Å²) in [6, 6.07) is 9.66. The first-order chi connectivity index (χ1) is 10.2. The standard InChI is InChI=1S/C17H21N3O/c1-4-13-8-6-7-12(3)16(13)20-17(21)15-11-14(18-5-2)9-10-19-15/h6-11H,4-5H2,1-3H3,(H,18,19)(H,20,21). The molecule has 4 heteroatoms. The van der Waals surface area contributed by atoms with Gasteiger partial charge in [-0.05, 0) is 43.5 Å². The van der Waals surface area contributed by atoms with E-state index in [9.17, 15) is 4.79 Å². The molecule has 4 nitrogen and oxygen atoms in total. The molecule has 0 atom stereocenters. The Labute approximate surface area is 125 Å². The van der Waals surface area contributed by atoms with Crippen molar-refractivity contribution in [2.75, 3.05) is 17.2 Å². The molecule has 0 aliphatic heterocycles. The monoisotopic (exact) mass is 283 g/mol. The molecule has 0 radical (unpaired) electrons. The third kappa shape index (κ3) is 3.60. The number of aryl methyl sites for hydroxylation is 2. The summed E-state index contributed by atoms with van der Waals surface area (Å²) in [5.41, 5.74) is 4.40. The molecule has 0 spiro atoms. The lowest BCUT2D eigenvalue weighted by Gasteiger charge is -2.13. The molecule has 0 unspecified atom stereocenters. The van der Waals surface area contributed by atoms with E-state index in [-0.39, 0.29) is 5.91 Å². The van der Waals surface area contributed by atoms with Gasteiger partial charge in [-0.2, -0.15) is 0 Å². The van der Waals surface area contributed by atoms with Crippen LogP contribution in [0.5, 0.6) is 0 Å². The summed E-state index contributed by atoms with van der Waals surface area (Å²) in [5, 5.41) is 6.17. The average Bonchev–Trinajstić information content (AvgIpc) is 2.50. The van der Waals surface area contributed by atoms with Crippen LogP contribution in [0.3, 0.4) is 0 Å². The zero-order chi connectivity index (χ0) is 15.2. The first kappa shape index (κ1) is 15.0. The third-order valence-electron chi connectivity index (χ3n) is 3.35. The van der Waals surface area contributed by atoms with Crippen LogP contribution in [-0.4, -0.2) is 17.4 Å². The smallest absolute Gasteiger partial charge is 0.274 e. The maximum atomic E-state index is 12.4. The maximum absolute atomic E-state index is 12.4. The highest BCUT2D eigenvalue weighted by Crippen LogP contribution is 2.22. The molecule has 21 heavy (non-hydrogen) atoms. The normalized spacial score (nSPS) is 10.2. The molecule has 0 saturated heterocycles. The van der Waals surface area contributed by atoms with Gasteiger partial charge in [0.1, 0.15) is 5.69 Å². The number of carbonyl (C=O) groups is 1. The molecule has 2 rings (SSSR count). The zero-order valence-corrected chi connectivity index (χ0v) is 12.7. The second-order valence-corrected chi connectivity index (χ2v) is 4.88. The number of hydrogen-bond donors (Lipinski definition) is 2. The summed E-state index contributed by atoms with van der Waals surface area (Å²) < 4.78 is 0. The van der Waals surface area contributed by atoms with E-state index in [1.807, 2.05) is 38.1 Å². The highest BCUT2D eigenvalue weighted by atomic mass is 16.1. The Morgan fingerprint density at radius 3 is 2.76 bits per heavy atom. The van der Waals surface area contributed by atoms with Crippen molar-refractivity contribution in [1.29, 1.82) is 0 Å². The Morgan fingerprint density at radius 2 is 2.05 bits per heavy atom. The van der Waals surface area contributed by atoms with Gasteiger partial charge in [-0.1, -0.05) is 25.1 Å². The van der Waals surface area contributed by atoms with Crippen LogP contribution in [-0.2, 0) is 6.42 Å². The number of nitrogens with one attached hydrogen (secondary N) is 2. The Bertz CT molecular complexity index is 638. The summed E-state index contributed by atoms with van der Waals surface area (Å²) in [6.45, 7) is 6.90. The predicted octanol–water partition coefficient (Wildman–Crippen LogP) is 3.64. The minimum Gasteiger partial charge on any atom is -0.385 e. The van der Waals surface area contributed by atoms with Gasteiger partial charge in [-0.15, -0.1) is 0 Å². The lowest BCUT2D eigenvalue weighted by atomic mass is 10.1. The van der Waals surface area contributed by atoms with E-state index in [4.69, 9.17) is 0 Å². The van der Waals surface area contributed by atoms with Crippen LogP contribution in [0.1, 0.15) is 35.5 Å². The lowest BCUT2D eigenvalue weighted by Crippen LogP contribution is -2.16. The van der Waals surface area contributed by atoms with Crippen molar-refractivity contribution in [2.45, 2.75) is 27.2 Å². The zero-order valence-electron chi connectivity index (χ0n) is 12.7. The quantitative estimate of drug-likeness (QED) is 0.881. The van der Waals surface area contributed by atoms with Crippen LogP contribution in [0.4, 0.5) is 11.4 Å². The van der Waals surface area contributed by atoms with Gasteiger partial charge in [0, 0.05) is 24.1 Å². The first-order valence-corrected chi connectivity index (χ1v) is 7.25. The third-order valence-corrected chi connectivity index (χ3v) is 3.35. The Balaban J connectivity index is 2.24. The van der Waals surface area contributed by atoms with E-state index in [1.54, 1.807) is 12.3 Å². The highest BCUT2D eigenvalue weighted by Gasteiger charge is 2.12. The van der Waals surface area contributed by atoms with E-state index in [2.05, 4.69) is 22.5 Å². The Kier molecular flexibility index (Phi) is 4.93. The van der Waals surface area contributed by atoms with Crippen LogP contribution in [0.15, 0.2) is 36.5 Å². The number of anilines is 2. The number of hydrogen-bond acceptors (Lipinski definition) is 3. The van der Waals surface area contributed by atoms with Crippen molar-refractivity contribution < 1.29 is 4.79 Å². The van der Waals surface area contributed by atoms with Gasteiger partial charge in [0.25, 0.3) is 5.91 Å². The number of rotatable bonds is 5. The van der Waals surface area contributed by atoms with Gasteiger partial charge in [0.2, 0.25) is 0 Å². The molecule has 110 valence electrons. The Morgan fingerprint density at radius 1 is 1.24 bits per heavy atom.